The van der Waals surface area contributed by atoms with E-state index in [4.69, 9.17) is 9.72 Å². The summed E-state index contributed by atoms with van der Waals surface area (Å²) in [6.07, 6.45) is 6.01. The fraction of sp³-hybridized carbons (Fsp3) is 0.519. The number of nitrogens with one attached hydrogen (secondary N) is 2. The molecule has 3 saturated heterocycles. The van der Waals surface area contributed by atoms with Crippen molar-refractivity contribution in [3.8, 4) is 0 Å². The Labute approximate surface area is 214 Å². The molecule has 10 nitrogen and oxygen atoms in total. The predicted molar refractivity (Wildman–Crippen MR) is 136 cm³/mol. The predicted octanol–water partition coefficient (Wildman–Crippen LogP) is 2.67. The van der Waals surface area contributed by atoms with Crippen molar-refractivity contribution in [2.24, 2.45) is 11.8 Å². The molecule has 2 aromatic heterocycles. The normalized spacial score (nSPS) is 24.0. The highest BCUT2D eigenvalue weighted by Gasteiger charge is 2.43. The summed E-state index contributed by atoms with van der Waals surface area (Å²) in [5.74, 6) is 2.10. The van der Waals surface area contributed by atoms with Gasteiger partial charge < -0.3 is 19.9 Å². The summed E-state index contributed by atoms with van der Waals surface area (Å²) in [7, 11) is 0. The molecular formula is C27H31N7O3. The van der Waals surface area contributed by atoms with Crippen LogP contribution in [0.15, 0.2) is 30.5 Å². The van der Waals surface area contributed by atoms with E-state index in [0.717, 1.165) is 50.2 Å². The molecule has 2 unspecified atom stereocenters. The smallest absolute Gasteiger partial charge is 0.255 e. The van der Waals surface area contributed by atoms with Crippen LogP contribution in [0.2, 0.25) is 0 Å². The van der Waals surface area contributed by atoms with E-state index < -0.39 is 0 Å². The number of hydrogen-bond donors (Lipinski definition) is 2. The minimum atomic E-state index is 0.0167. The van der Waals surface area contributed by atoms with Gasteiger partial charge in [-0.05, 0) is 61.4 Å². The Bertz CT molecular complexity index is 1330. The van der Waals surface area contributed by atoms with Gasteiger partial charge in [-0.2, -0.15) is 15.4 Å². The number of anilines is 1. The van der Waals surface area contributed by atoms with Crippen LogP contribution in [0.3, 0.4) is 0 Å². The Balaban J connectivity index is 1.01. The Morgan fingerprint density at radius 3 is 2.24 bits per heavy atom. The lowest BCUT2D eigenvalue weighted by Crippen LogP contribution is -2.35. The molecule has 1 aromatic carbocycles. The van der Waals surface area contributed by atoms with Gasteiger partial charge in [-0.3, -0.25) is 9.59 Å². The Morgan fingerprint density at radius 2 is 1.54 bits per heavy atom. The molecule has 4 aliphatic rings. The summed E-state index contributed by atoms with van der Waals surface area (Å²) >= 11 is 0. The second kappa shape index (κ2) is 9.09. The van der Waals surface area contributed by atoms with Gasteiger partial charge in [0.2, 0.25) is 0 Å². The van der Waals surface area contributed by atoms with Gasteiger partial charge >= 0.3 is 0 Å². The van der Waals surface area contributed by atoms with Crippen LogP contribution in [0, 0.1) is 11.8 Å². The average Bonchev–Trinajstić information content (AvgIpc) is 3.33. The molecule has 1 aliphatic carbocycles. The van der Waals surface area contributed by atoms with E-state index >= 15 is 0 Å². The number of aromatic nitrogens is 4. The summed E-state index contributed by atoms with van der Waals surface area (Å²) in [6.45, 7) is 4.26. The second-order valence-corrected chi connectivity index (χ2v) is 10.9. The molecule has 5 heterocycles. The number of pyridine rings is 1. The molecule has 3 aliphatic heterocycles. The molecule has 2 atom stereocenters. The van der Waals surface area contributed by atoms with E-state index in [2.05, 4.69) is 26.8 Å². The van der Waals surface area contributed by atoms with Crippen LogP contribution in [0.25, 0.3) is 11.0 Å². The molecule has 10 heteroatoms. The molecule has 2 amide bonds. The lowest BCUT2D eigenvalue weighted by Gasteiger charge is -2.25. The van der Waals surface area contributed by atoms with Crippen molar-refractivity contribution in [3.05, 3.63) is 47.2 Å². The Morgan fingerprint density at radius 1 is 0.865 bits per heavy atom. The number of hydrogen-bond acceptors (Lipinski definition) is 7. The first-order valence-electron chi connectivity index (χ1n) is 13.4. The van der Waals surface area contributed by atoms with E-state index in [1.807, 2.05) is 21.9 Å². The number of ether oxygens (including phenoxy) is 1. The summed E-state index contributed by atoms with van der Waals surface area (Å²) in [5, 5.41) is 14.4. The topological polar surface area (TPSA) is 116 Å². The zero-order chi connectivity index (χ0) is 24.9. The van der Waals surface area contributed by atoms with Crippen LogP contribution in [-0.2, 0) is 4.74 Å². The number of aromatic amines is 1. The first kappa shape index (κ1) is 22.7. The molecule has 192 valence electrons. The highest BCUT2D eigenvalue weighted by atomic mass is 16.5. The molecule has 2 N–H and O–H groups in total. The standard InChI is InChI=1S/C27H31N7O3/c35-26(17-3-4-23-24(10-17)31-32-30-23)33-12-19-14-34(15-20(19)13-33)27(36)18-9-22(16-1-2-16)25(28-11-18)29-21-5-7-37-8-6-21/h3-4,9-11,16,19-21H,1-2,5-8,12-15H2,(H,28,29)(H,30,31,32). The third-order valence-electron chi connectivity index (χ3n) is 8.37. The molecule has 0 bridgehead atoms. The zero-order valence-electron chi connectivity index (χ0n) is 20.7. The summed E-state index contributed by atoms with van der Waals surface area (Å²) in [6, 6.07) is 7.86. The maximum absolute atomic E-state index is 13.5. The number of amides is 2. The van der Waals surface area contributed by atoms with Gasteiger partial charge in [0.05, 0.1) is 5.56 Å². The van der Waals surface area contributed by atoms with E-state index in [9.17, 15) is 9.59 Å². The average molecular weight is 502 g/mol. The SMILES string of the molecule is O=C(c1cnc(NC2CCOCC2)c(C2CC2)c1)N1CC2CN(C(=O)c3ccc4n[nH]nc4c3)CC2C1. The van der Waals surface area contributed by atoms with Crippen LogP contribution >= 0.6 is 0 Å². The van der Waals surface area contributed by atoms with E-state index in [1.165, 1.54) is 5.56 Å². The summed E-state index contributed by atoms with van der Waals surface area (Å²) in [4.78, 5) is 35.2. The Kier molecular flexibility index (Phi) is 5.57. The quantitative estimate of drug-likeness (QED) is 0.552. The number of benzene rings is 1. The van der Waals surface area contributed by atoms with Gasteiger partial charge in [0.25, 0.3) is 11.8 Å². The highest BCUT2D eigenvalue weighted by molar-refractivity contribution is 5.97. The molecule has 0 spiro atoms. The fourth-order valence-corrected chi connectivity index (χ4v) is 6.12. The second-order valence-electron chi connectivity index (χ2n) is 10.9. The van der Waals surface area contributed by atoms with Crippen LogP contribution in [0.1, 0.15) is 57.9 Å². The van der Waals surface area contributed by atoms with Crippen LogP contribution in [-0.4, -0.2) is 87.4 Å². The van der Waals surface area contributed by atoms with Crippen molar-refractivity contribution in [2.45, 2.75) is 37.6 Å². The molecule has 37 heavy (non-hydrogen) atoms. The summed E-state index contributed by atoms with van der Waals surface area (Å²) in [5.41, 5.74) is 3.92. The third kappa shape index (κ3) is 4.33. The van der Waals surface area contributed by atoms with E-state index in [1.54, 1.807) is 12.3 Å². The largest absolute Gasteiger partial charge is 0.381 e. The van der Waals surface area contributed by atoms with Gasteiger partial charge in [0.15, 0.2) is 0 Å². The van der Waals surface area contributed by atoms with Crippen LogP contribution in [0.5, 0.6) is 0 Å². The number of fused-ring (bicyclic) bond motifs is 2. The molecule has 4 fully saturated rings. The minimum Gasteiger partial charge on any atom is -0.381 e. The molecule has 3 aromatic rings. The maximum Gasteiger partial charge on any atom is 0.255 e. The van der Waals surface area contributed by atoms with Crippen LogP contribution < -0.4 is 5.32 Å². The maximum atomic E-state index is 13.5. The van der Waals surface area contributed by atoms with Crippen molar-refractivity contribution >= 4 is 28.7 Å². The minimum absolute atomic E-state index is 0.0167. The first-order chi connectivity index (χ1) is 18.1. The molecule has 7 rings (SSSR count). The van der Waals surface area contributed by atoms with Crippen LogP contribution in [0.4, 0.5) is 5.82 Å². The summed E-state index contributed by atoms with van der Waals surface area (Å²) < 4.78 is 5.48. The van der Waals surface area contributed by atoms with Crippen molar-refractivity contribution in [2.75, 3.05) is 44.7 Å². The van der Waals surface area contributed by atoms with Gasteiger partial charge in [-0.1, -0.05) is 0 Å². The van der Waals surface area contributed by atoms with Crippen molar-refractivity contribution < 1.29 is 14.3 Å². The monoisotopic (exact) mass is 501 g/mol. The van der Waals surface area contributed by atoms with Gasteiger partial charge in [-0.15, -0.1) is 0 Å². The van der Waals surface area contributed by atoms with Gasteiger partial charge in [0, 0.05) is 69.0 Å². The van der Waals surface area contributed by atoms with Gasteiger partial charge in [0.1, 0.15) is 16.9 Å². The molecular weight excluding hydrogens is 470 g/mol. The number of likely N-dealkylation sites (tertiary alicyclic amines) is 2. The third-order valence-corrected chi connectivity index (χ3v) is 8.37. The van der Waals surface area contributed by atoms with Crippen molar-refractivity contribution in [1.29, 1.82) is 0 Å². The molecule has 0 radical (unpaired) electrons. The fourth-order valence-electron chi connectivity index (χ4n) is 6.12. The van der Waals surface area contributed by atoms with Crippen molar-refractivity contribution in [1.82, 2.24) is 30.2 Å². The highest BCUT2D eigenvalue weighted by Crippen LogP contribution is 2.43. The number of carbonyl (C=O) groups excluding carboxylic acids is 2. The lowest BCUT2D eigenvalue weighted by molar-refractivity contribution is 0.0738. The number of carbonyl (C=O) groups is 2. The van der Waals surface area contributed by atoms with Gasteiger partial charge in [-0.25, -0.2) is 4.98 Å². The number of nitrogens with zero attached hydrogens (tertiary/aromatic N) is 5. The van der Waals surface area contributed by atoms with E-state index in [0.29, 0.717) is 66.6 Å². The zero-order valence-corrected chi connectivity index (χ0v) is 20.7. The van der Waals surface area contributed by atoms with E-state index in [-0.39, 0.29) is 11.8 Å². The lowest BCUT2D eigenvalue weighted by atomic mass is 10.0. The molecule has 1 saturated carbocycles. The van der Waals surface area contributed by atoms with Crippen molar-refractivity contribution in [3.63, 3.8) is 0 Å². The Hall–Kier alpha value is -3.53. The number of rotatable bonds is 5. The first-order valence-corrected chi connectivity index (χ1v) is 13.4. The number of H-pyrrole nitrogens is 1.